The molecule has 0 aliphatic heterocycles. The van der Waals surface area contributed by atoms with Crippen molar-refractivity contribution in [3.63, 3.8) is 0 Å². The van der Waals surface area contributed by atoms with Gasteiger partial charge in [0.2, 0.25) is 0 Å². The summed E-state index contributed by atoms with van der Waals surface area (Å²) < 4.78 is 24.8. The molecule has 0 fully saturated rings. The van der Waals surface area contributed by atoms with E-state index in [0.29, 0.717) is 26.0 Å². The minimum atomic E-state index is -0.496. The number of rotatable bonds is 4. The van der Waals surface area contributed by atoms with E-state index in [1.54, 1.807) is 18.2 Å². The molecule has 0 aromatic heterocycles. The number of methoxy groups -OCH3 is 2. The number of carbonyl (C=O) groups excluding carboxylic acids is 1. The van der Waals surface area contributed by atoms with Gasteiger partial charge in [0.1, 0.15) is 17.3 Å². The first-order valence-electron chi connectivity index (χ1n) is 5.89. The fraction of sp³-hybridized carbons (Fsp3) is 0.133. The van der Waals surface area contributed by atoms with Crippen molar-refractivity contribution in [2.45, 2.75) is 0 Å². The summed E-state index contributed by atoms with van der Waals surface area (Å²) >= 11 is 6.39. The summed E-state index contributed by atoms with van der Waals surface area (Å²) in [5.74, 6) is 0.0732. The molecule has 0 aliphatic rings. The first kappa shape index (κ1) is 16.0. The Kier molecular flexibility index (Phi) is 5.00. The van der Waals surface area contributed by atoms with Crippen molar-refractivity contribution in [3.8, 4) is 11.5 Å². The molecule has 0 N–H and O–H groups in total. The molecule has 0 aliphatic carbocycles. The van der Waals surface area contributed by atoms with Gasteiger partial charge in [-0.15, -0.1) is 0 Å². The SMILES string of the molecule is COc1cc(Br)c(C(=O)c2ccc(Br)c(F)c2)c(OC)c1. The molecule has 110 valence electrons. The van der Waals surface area contributed by atoms with Crippen molar-refractivity contribution < 1.29 is 18.7 Å². The van der Waals surface area contributed by atoms with Crippen LogP contribution in [0.5, 0.6) is 11.5 Å². The molecular formula is C15H11Br2FO3. The molecule has 0 spiro atoms. The summed E-state index contributed by atoms with van der Waals surface area (Å²) in [5, 5.41) is 0. The molecule has 0 bridgehead atoms. The van der Waals surface area contributed by atoms with Gasteiger partial charge in [-0.05, 0) is 56.1 Å². The van der Waals surface area contributed by atoms with Gasteiger partial charge in [0.15, 0.2) is 5.78 Å². The zero-order valence-electron chi connectivity index (χ0n) is 11.2. The van der Waals surface area contributed by atoms with E-state index in [0.717, 1.165) is 0 Å². The van der Waals surface area contributed by atoms with Crippen molar-refractivity contribution in [1.82, 2.24) is 0 Å². The lowest BCUT2D eigenvalue weighted by Crippen LogP contribution is -2.06. The molecular weight excluding hydrogens is 407 g/mol. The first-order valence-corrected chi connectivity index (χ1v) is 7.47. The van der Waals surface area contributed by atoms with E-state index in [4.69, 9.17) is 9.47 Å². The summed E-state index contributed by atoms with van der Waals surface area (Å²) in [6, 6.07) is 7.48. The molecule has 6 heteroatoms. The Morgan fingerprint density at radius 1 is 1.05 bits per heavy atom. The fourth-order valence-electron chi connectivity index (χ4n) is 1.84. The Bertz CT molecular complexity index is 702. The zero-order valence-corrected chi connectivity index (χ0v) is 14.4. The van der Waals surface area contributed by atoms with Gasteiger partial charge in [0.05, 0.1) is 24.3 Å². The van der Waals surface area contributed by atoms with Crippen LogP contribution in [0.3, 0.4) is 0 Å². The largest absolute Gasteiger partial charge is 0.497 e. The maximum absolute atomic E-state index is 13.6. The highest BCUT2D eigenvalue weighted by atomic mass is 79.9. The maximum Gasteiger partial charge on any atom is 0.198 e. The van der Waals surface area contributed by atoms with Crippen molar-refractivity contribution in [3.05, 3.63) is 56.2 Å². The minimum absolute atomic E-state index is 0.236. The number of carbonyl (C=O) groups is 1. The summed E-state index contributed by atoms with van der Waals surface area (Å²) in [6.45, 7) is 0. The third kappa shape index (κ3) is 3.27. The summed E-state index contributed by atoms with van der Waals surface area (Å²) in [5.41, 5.74) is 0.555. The predicted molar refractivity (Wildman–Crippen MR) is 84.8 cm³/mol. The molecule has 0 radical (unpaired) electrons. The molecule has 0 atom stereocenters. The number of benzene rings is 2. The third-order valence-corrected chi connectivity index (χ3v) is 4.16. The second-order valence-corrected chi connectivity index (χ2v) is 5.85. The smallest absolute Gasteiger partial charge is 0.198 e. The first-order chi connectivity index (χ1) is 9.97. The molecule has 2 aromatic carbocycles. The Balaban J connectivity index is 2.54. The van der Waals surface area contributed by atoms with Crippen LogP contribution in [0.25, 0.3) is 0 Å². The average Bonchev–Trinajstić information content (AvgIpc) is 2.48. The van der Waals surface area contributed by atoms with Crippen LogP contribution < -0.4 is 9.47 Å². The molecule has 2 aromatic rings. The van der Waals surface area contributed by atoms with Gasteiger partial charge in [-0.3, -0.25) is 4.79 Å². The Morgan fingerprint density at radius 2 is 1.76 bits per heavy atom. The molecule has 21 heavy (non-hydrogen) atoms. The van der Waals surface area contributed by atoms with Gasteiger partial charge < -0.3 is 9.47 Å². The van der Waals surface area contributed by atoms with Gasteiger partial charge in [-0.25, -0.2) is 4.39 Å². The topological polar surface area (TPSA) is 35.5 Å². The summed E-state index contributed by atoms with van der Waals surface area (Å²) in [6.07, 6.45) is 0. The minimum Gasteiger partial charge on any atom is -0.497 e. The van der Waals surface area contributed by atoms with Crippen LogP contribution in [0.2, 0.25) is 0 Å². The van der Waals surface area contributed by atoms with E-state index in [2.05, 4.69) is 31.9 Å². The van der Waals surface area contributed by atoms with E-state index in [1.165, 1.54) is 26.4 Å². The van der Waals surface area contributed by atoms with Crippen LogP contribution in [0.4, 0.5) is 4.39 Å². The molecule has 3 nitrogen and oxygen atoms in total. The fourth-order valence-corrected chi connectivity index (χ4v) is 2.69. The van der Waals surface area contributed by atoms with E-state index < -0.39 is 5.82 Å². The maximum atomic E-state index is 13.6. The van der Waals surface area contributed by atoms with E-state index in [1.807, 2.05) is 0 Å². The van der Waals surface area contributed by atoms with Crippen LogP contribution >= 0.6 is 31.9 Å². The molecule has 0 saturated heterocycles. The van der Waals surface area contributed by atoms with Gasteiger partial charge in [-0.1, -0.05) is 0 Å². The van der Waals surface area contributed by atoms with E-state index in [9.17, 15) is 9.18 Å². The number of ketones is 1. The van der Waals surface area contributed by atoms with Gasteiger partial charge in [0.25, 0.3) is 0 Å². The summed E-state index contributed by atoms with van der Waals surface area (Å²) in [4.78, 5) is 12.6. The third-order valence-electron chi connectivity index (χ3n) is 2.89. The number of hydrogen-bond donors (Lipinski definition) is 0. The van der Waals surface area contributed by atoms with Crippen molar-refractivity contribution in [2.75, 3.05) is 14.2 Å². The van der Waals surface area contributed by atoms with Gasteiger partial charge in [-0.2, -0.15) is 0 Å². The lowest BCUT2D eigenvalue weighted by molar-refractivity contribution is 0.103. The lowest BCUT2D eigenvalue weighted by atomic mass is 10.0. The Labute approximate surface area is 138 Å². The highest BCUT2D eigenvalue weighted by Crippen LogP contribution is 2.34. The number of halogens is 3. The average molecular weight is 418 g/mol. The van der Waals surface area contributed by atoms with Gasteiger partial charge in [0, 0.05) is 16.1 Å². The number of ether oxygens (including phenoxy) is 2. The van der Waals surface area contributed by atoms with Crippen LogP contribution in [0.1, 0.15) is 15.9 Å². The molecule has 0 amide bonds. The van der Waals surface area contributed by atoms with E-state index in [-0.39, 0.29) is 11.3 Å². The predicted octanol–water partition coefficient (Wildman–Crippen LogP) is 4.60. The number of hydrogen-bond acceptors (Lipinski definition) is 3. The Hall–Kier alpha value is -1.40. The Morgan fingerprint density at radius 3 is 2.33 bits per heavy atom. The van der Waals surface area contributed by atoms with Crippen LogP contribution in [0, 0.1) is 5.82 Å². The van der Waals surface area contributed by atoms with Crippen LogP contribution in [-0.2, 0) is 0 Å². The zero-order chi connectivity index (χ0) is 15.6. The van der Waals surface area contributed by atoms with Crippen LogP contribution in [-0.4, -0.2) is 20.0 Å². The second-order valence-electron chi connectivity index (χ2n) is 4.14. The summed E-state index contributed by atoms with van der Waals surface area (Å²) in [7, 11) is 2.98. The highest BCUT2D eigenvalue weighted by molar-refractivity contribution is 9.10. The highest BCUT2D eigenvalue weighted by Gasteiger charge is 2.20. The van der Waals surface area contributed by atoms with Crippen LogP contribution in [0.15, 0.2) is 39.3 Å². The monoisotopic (exact) mass is 416 g/mol. The van der Waals surface area contributed by atoms with Gasteiger partial charge >= 0.3 is 0 Å². The van der Waals surface area contributed by atoms with E-state index >= 15 is 0 Å². The van der Waals surface area contributed by atoms with Crippen molar-refractivity contribution >= 4 is 37.6 Å². The molecule has 2 rings (SSSR count). The second kappa shape index (κ2) is 6.58. The molecule has 0 unspecified atom stereocenters. The normalized spacial score (nSPS) is 10.3. The quantitative estimate of drug-likeness (QED) is 0.682. The molecule has 0 saturated carbocycles. The molecule has 0 heterocycles. The van der Waals surface area contributed by atoms with Crippen molar-refractivity contribution in [2.24, 2.45) is 0 Å². The lowest BCUT2D eigenvalue weighted by Gasteiger charge is -2.12. The van der Waals surface area contributed by atoms with Crippen molar-refractivity contribution in [1.29, 1.82) is 0 Å². The standard InChI is InChI=1S/C15H11Br2FO3/c1-20-9-6-11(17)14(13(7-9)21-2)15(19)8-3-4-10(16)12(18)5-8/h3-7H,1-2H3.